The quantitative estimate of drug-likeness (QED) is 0.514. The first kappa shape index (κ1) is 23.9. The second kappa shape index (κ2) is 12.3. The van der Waals surface area contributed by atoms with Crippen LogP contribution in [-0.2, 0) is 9.53 Å². The van der Waals surface area contributed by atoms with Crippen molar-refractivity contribution in [2.24, 2.45) is 0 Å². The monoisotopic (exact) mass is 366 g/mol. The van der Waals surface area contributed by atoms with Crippen LogP contribution in [0.1, 0.15) is 38.8 Å². The Labute approximate surface area is 163 Å². The highest BCUT2D eigenvalue weighted by atomic mass is 16.6. The molecule has 0 aliphatic heterocycles. The van der Waals surface area contributed by atoms with Crippen molar-refractivity contribution in [1.82, 2.24) is 0 Å². The lowest BCUT2D eigenvalue weighted by molar-refractivity contribution is -0.149. The van der Waals surface area contributed by atoms with Gasteiger partial charge in [0.05, 0.1) is 0 Å². The van der Waals surface area contributed by atoms with E-state index in [0.717, 1.165) is 5.56 Å². The van der Waals surface area contributed by atoms with Gasteiger partial charge in [0.1, 0.15) is 11.4 Å². The van der Waals surface area contributed by atoms with Gasteiger partial charge in [0.15, 0.2) is 0 Å². The van der Waals surface area contributed by atoms with E-state index in [0.29, 0.717) is 11.3 Å². The normalized spacial score (nSPS) is 9.48. The minimum absolute atomic E-state index is 0.292. The van der Waals surface area contributed by atoms with E-state index in [1.807, 2.05) is 69.3 Å². The van der Waals surface area contributed by atoms with Crippen molar-refractivity contribution in [3.05, 3.63) is 91.0 Å². The second-order valence-electron chi connectivity index (χ2n) is 6.69. The first-order valence-corrected chi connectivity index (χ1v) is 8.57. The summed E-state index contributed by atoms with van der Waals surface area (Å²) in [6.45, 7) is 17.8. The van der Waals surface area contributed by atoms with Gasteiger partial charge in [-0.05, 0) is 51.0 Å². The summed E-state index contributed by atoms with van der Waals surface area (Å²) in [6, 6.07) is 16.9. The molecule has 3 heteroatoms. The molecule has 0 atom stereocenters. The van der Waals surface area contributed by atoms with Crippen molar-refractivity contribution in [3.63, 3.8) is 0 Å². The van der Waals surface area contributed by atoms with Crippen molar-refractivity contribution >= 4 is 18.1 Å². The summed E-state index contributed by atoms with van der Waals surface area (Å²) in [4.78, 5) is 10.8. The van der Waals surface area contributed by atoms with E-state index in [1.165, 1.54) is 5.56 Å². The average Bonchev–Trinajstić information content (AvgIpc) is 2.63. The lowest BCUT2D eigenvalue weighted by Crippen LogP contribution is -2.23. The summed E-state index contributed by atoms with van der Waals surface area (Å²) < 4.78 is 4.96. The van der Waals surface area contributed by atoms with E-state index in [4.69, 9.17) is 9.84 Å². The number of ether oxygens (including phenoxy) is 1. The number of hydrogen-bond donors (Lipinski definition) is 1. The highest BCUT2D eigenvalue weighted by molar-refractivity contribution is 5.87. The molecule has 0 heterocycles. The number of rotatable bonds is 3. The van der Waals surface area contributed by atoms with Crippen LogP contribution in [0, 0.1) is 0 Å². The van der Waals surface area contributed by atoms with Crippen molar-refractivity contribution in [2.45, 2.75) is 33.3 Å². The largest absolute Gasteiger partial charge is 0.508 e. The number of esters is 1. The zero-order chi connectivity index (χ0) is 20.9. The van der Waals surface area contributed by atoms with E-state index in [9.17, 15) is 4.79 Å². The molecule has 0 aliphatic carbocycles. The smallest absolute Gasteiger partial charge is 0.333 e. The maximum atomic E-state index is 10.8. The van der Waals surface area contributed by atoms with Crippen molar-refractivity contribution < 1.29 is 14.6 Å². The van der Waals surface area contributed by atoms with Crippen LogP contribution in [0.15, 0.2) is 79.9 Å². The zero-order valence-corrected chi connectivity index (χ0v) is 16.7. The Kier molecular flexibility index (Phi) is 10.9. The molecule has 0 spiro atoms. The Balaban J connectivity index is 0.000000377. The Bertz CT molecular complexity index is 720. The molecule has 144 valence electrons. The molecule has 2 rings (SSSR count). The third-order valence-electron chi connectivity index (χ3n) is 2.91. The van der Waals surface area contributed by atoms with Crippen molar-refractivity contribution in [2.75, 3.05) is 0 Å². The first-order valence-electron chi connectivity index (χ1n) is 8.57. The summed E-state index contributed by atoms with van der Waals surface area (Å²) in [7, 11) is 0. The van der Waals surface area contributed by atoms with Gasteiger partial charge < -0.3 is 9.84 Å². The standard InChI is InChI=1S/C8H14O2.C8H8O.C8H8/c1-6(2)7(9)10-8(3,4)5;1-2-7-3-5-8(9)6-4-7;1-2-8-6-4-3-5-7-8/h1H2,2-5H3;2-6,9H,1H2;2-7H,1H2. The number of aromatic hydroxyl groups is 1. The fourth-order valence-corrected chi connectivity index (χ4v) is 1.56. The van der Waals surface area contributed by atoms with E-state index in [1.54, 1.807) is 25.1 Å². The Hall–Kier alpha value is -3.07. The fourth-order valence-electron chi connectivity index (χ4n) is 1.56. The second-order valence-corrected chi connectivity index (χ2v) is 6.69. The van der Waals surface area contributed by atoms with Crippen LogP contribution in [-0.4, -0.2) is 16.7 Å². The predicted molar refractivity (Wildman–Crippen MR) is 115 cm³/mol. The zero-order valence-electron chi connectivity index (χ0n) is 16.7. The lowest BCUT2D eigenvalue weighted by Gasteiger charge is -2.19. The third kappa shape index (κ3) is 12.9. The van der Waals surface area contributed by atoms with Gasteiger partial charge in [-0.2, -0.15) is 0 Å². The molecule has 0 unspecified atom stereocenters. The lowest BCUT2D eigenvalue weighted by atomic mass is 10.2. The number of phenolic OH excluding ortho intramolecular Hbond substituents is 1. The molecule has 27 heavy (non-hydrogen) atoms. The number of carbonyl (C=O) groups excluding carboxylic acids is 1. The molecule has 0 aliphatic rings. The summed E-state index contributed by atoms with van der Waals surface area (Å²) in [5.41, 5.74) is 2.23. The average molecular weight is 367 g/mol. The Morgan fingerprint density at radius 1 is 0.926 bits per heavy atom. The summed E-state index contributed by atoms with van der Waals surface area (Å²) in [6.07, 6.45) is 3.57. The molecule has 3 nitrogen and oxygen atoms in total. The van der Waals surface area contributed by atoms with E-state index in [-0.39, 0.29) is 5.97 Å². The molecule has 1 N–H and O–H groups in total. The summed E-state index contributed by atoms with van der Waals surface area (Å²) in [5, 5.41) is 8.82. The molecule has 2 aromatic rings. The van der Waals surface area contributed by atoms with Crippen LogP contribution >= 0.6 is 0 Å². The van der Waals surface area contributed by atoms with Crippen LogP contribution < -0.4 is 0 Å². The highest BCUT2D eigenvalue weighted by Gasteiger charge is 2.15. The van der Waals surface area contributed by atoms with Gasteiger partial charge in [0.25, 0.3) is 0 Å². The van der Waals surface area contributed by atoms with Gasteiger partial charge in [0.2, 0.25) is 0 Å². The Morgan fingerprint density at radius 3 is 1.67 bits per heavy atom. The minimum atomic E-state index is -0.407. The van der Waals surface area contributed by atoms with Crippen molar-refractivity contribution in [1.29, 1.82) is 0 Å². The number of carbonyl (C=O) groups is 1. The van der Waals surface area contributed by atoms with E-state index < -0.39 is 5.60 Å². The number of phenols is 1. The molecule has 0 saturated heterocycles. The van der Waals surface area contributed by atoms with Gasteiger partial charge in [-0.1, -0.05) is 74.4 Å². The molecule has 2 aromatic carbocycles. The van der Waals surface area contributed by atoms with Gasteiger partial charge in [-0.25, -0.2) is 4.79 Å². The van der Waals surface area contributed by atoms with Crippen LogP contribution in [0.3, 0.4) is 0 Å². The number of hydrogen-bond acceptors (Lipinski definition) is 3. The molecular weight excluding hydrogens is 336 g/mol. The molecular formula is C24H30O3. The van der Waals surface area contributed by atoms with E-state index in [2.05, 4.69) is 19.7 Å². The molecule has 0 fully saturated rings. The molecule has 0 aromatic heterocycles. The van der Waals surface area contributed by atoms with Crippen LogP contribution in [0.4, 0.5) is 0 Å². The Morgan fingerprint density at radius 2 is 1.37 bits per heavy atom. The summed E-state index contributed by atoms with van der Waals surface area (Å²) in [5.74, 6) is -0.0342. The van der Waals surface area contributed by atoms with Gasteiger partial charge in [0, 0.05) is 5.57 Å². The van der Waals surface area contributed by atoms with Crippen LogP contribution in [0.2, 0.25) is 0 Å². The van der Waals surface area contributed by atoms with Crippen LogP contribution in [0.5, 0.6) is 5.75 Å². The SMILES string of the molecule is C=C(C)C(=O)OC(C)(C)C.C=Cc1ccc(O)cc1.C=Cc1ccccc1. The van der Waals surface area contributed by atoms with Gasteiger partial charge in [-0.15, -0.1) is 0 Å². The van der Waals surface area contributed by atoms with Gasteiger partial charge in [-0.3, -0.25) is 0 Å². The topological polar surface area (TPSA) is 46.5 Å². The summed E-state index contributed by atoms with van der Waals surface area (Å²) >= 11 is 0. The predicted octanol–water partition coefficient (Wildman–Crippen LogP) is 6.27. The maximum absolute atomic E-state index is 10.8. The molecule has 0 saturated carbocycles. The molecule has 0 radical (unpaired) electrons. The maximum Gasteiger partial charge on any atom is 0.333 e. The first-order chi connectivity index (χ1) is 12.6. The fraction of sp³-hybridized carbons (Fsp3) is 0.208. The number of benzene rings is 2. The van der Waals surface area contributed by atoms with E-state index >= 15 is 0 Å². The highest BCUT2D eigenvalue weighted by Crippen LogP contribution is 2.10. The molecule has 0 amide bonds. The minimum Gasteiger partial charge on any atom is -0.508 e. The molecule has 0 bridgehead atoms. The third-order valence-corrected chi connectivity index (χ3v) is 2.91. The van der Waals surface area contributed by atoms with Crippen molar-refractivity contribution in [3.8, 4) is 5.75 Å². The van der Waals surface area contributed by atoms with Gasteiger partial charge >= 0.3 is 5.97 Å². The van der Waals surface area contributed by atoms with Crippen LogP contribution in [0.25, 0.3) is 12.2 Å².